The topological polar surface area (TPSA) is 80.5 Å². The molecule has 0 saturated carbocycles. The average molecular weight is 359 g/mol. The number of anilines is 1. The first-order valence-electron chi connectivity index (χ1n) is 8.13. The minimum Gasteiger partial charge on any atom is -0.273 e. The average Bonchev–Trinajstić information content (AvgIpc) is 3.12. The van der Waals surface area contributed by atoms with Gasteiger partial charge in [0.25, 0.3) is 0 Å². The third-order valence-corrected chi connectivity index (χ3v) is 6.05. The number of rotatable bonds is 6. The molecule has 0 bridgehead atoms. The highest BCUT2D eigenvalue weighted by atomic mass is 32.2. The van der Waals surface area contributed by atoms with Crippen LogP contribution >= 0.6 is 0 Å². The Hall–Kier alpha value is -2.48. The van der Waals surface area contributed by atoms with Crippen LogP contribution in [0.4, 0.5) is 5.69 Å². The maximum atomic E-state index is 12.3. The Morgan fingerprint density at radius 3 is 2.48 bits per heavy atom. The molecule has 2 aromatic heterocycles. The van der Waals surface area contributed by atoms with Crippen LogP contribution < -0.4 is 9.52 Å². The molecule has 2 heterocycles. The van der Waals surface area contributed by atoms with E-state index in [0.29, 0.717) is 23.6 Å². The van der Waals surface area contributed by atoms with Crippen molar-refractivity contribution in [3.8, 4) is 11.4 Å². The number of fused-ring (bicyclic) bond motifs is 1. The van der Waals surface area contributed by atoms with E-state index in [1.165, 1.54) is 8.94 Å². The quantitative estimate of drug-likeness (QED) is 0.670. The van der Waals surface area contributed by atoms with Gasteiger partial charge in [-0.15, -0.1) is 9.73 Å². The summed E-state index contributed by atoms with van der Waals surface area (Å²) < 4.78 is 27.4. The largest absolute Gasteiger partial charge is 0.273 e. The summed E-state index contributed by atoms with van der Waals surface area (Å²) in [6.45, 7) is 7.78. The molecule has 0 unspecified atom stereocenters. The summed E-state index contributed by atoms with van der Waals surface area (Å²) in [5, 5.41) is 9.37. The Morgan fingerprint density at radius 1 is 1.20 bits per heavy atom. The van der Waals surface area contributed by atoms with Crippen LogP contribution in [-0.2, 0) is 10.0 Å². The molecule has 0 fully saturated rings. The first-order chi connectivity index (χ1) is 11.8. The van der Waals surface area contributed by atoms with E-state index in [1.54, 1.807) is 19.2 Å². The van der Waals surface area contributed by atoms with Crippen LogP contribution in [0.1, 0.15) is 25.5 Å². The molecule has 7 nitrogen and oxygen atoms in total. The van der Waals surface area contributed by atoms with Crippen LogP contribution in [0.15, 0.2) is 24.3 Å². The minimum atomic E-state index is -3.30. The molecule has 0 amide bonds. The van der Waals surface area contributed by atoms with Gasteiger partial charge >= 0.3 is 0 Å². The third-order valence-electron chi connectivity index (χ3n) is 4.20. The van der Waals surface area contributed by atoms with Crippen molar-refractivity contribution in [1.29, 1.82) is 0 Å². The van der Waals surface area contributed by atoms with Gasteiger partial charge in [-0.05, 0) is 37.6 Å². The normalized spacial score (nSPS) is 12.0. The van der Waals surface area contributed by atoms with Crippen molar-refractivity contribution in [2.24, 2.45) is 0 Å². The molecule has 0 aliphatic heterocycles. The zero-order valence-electron chi connectivity index (χ0n) is 14.6. The summed E-state index contributed by atoms with van der Waals surface area (Å²) in [5.74, 6) is 0.687. The molecule has 3 rings (SSSR count). The summed E-state index contributed by atoms with van der Waals surface area (Å²) in [6.07, 6.45) is 1.49. The molecule has 0 radical (unpaired) electrons. The SMILES string of the molecule is C=c1c(C)nn2nc(-c3ccc(N(C)S(=O)(=O)CCCC)cc3)nc12. The van der Waals surface area contributed by atoms with Gasteiger partial charge in [0, 0.05) is 17.8 Å². The van der Waals surface area contributed by atoms with E-state index < -0.39 is 10.0 Å². The Kier molecular flexibility index (Phi) is 4.47. The van der Waals surface area contributed by atoms with Crippen LogP contribution in [0.25, 0.3) is 23.6 Å². The Balaban J connectivity index is 1.87. The van der Waals surface area contributed by atoms with Crippen molar-refractivity contribution in [3.05, 3.63) is 35.2 Å². The molecule has 8 heteroatoms. The van der Waals surface area contributed by atoms with Gasteiger partial charge in [0.2, 0.25) is 10.0 Å². The van der Waals surface area contributed by atoms with Crippen molar-refractivity contribution in [2.45, 2.75) is 26.7 Å². The van der Waals surface area contributed by atoms with E-state index in [1.807, 2.05) is 26.0 Å². The summed E-state index contributed by atoms with van der Waals surface area (Å²) in [5.41, 5.74) is 2.85. The molecule has 25 heavy (non-hydrogen) atoms. The smallest absolute Gasteiger partial charge is 0.234 e. The fourth-order valence-corrected chi connectivity index (χ4v) is 3.86. The van der Waals surface area contributed by atoms with E-state index in [0.717, 1.165) is 22.9 Å². The number of sulfonamides is 1. The van der Waals surface area contributed by atoms with Crippen LogP contribution in [0.3, 0.4) is 0 Å². The number of benzene rings is 1. The molecule has 0 aliphatic carbocycles. The van der Waals surface area contributed by atoms with Crippen LogP contribution in [-0.4, -0.2) is 41.0 Å². The zero-order chi connectivity index (χ0) is 18.2. The molecule has 0 N–H and O–H groups in total. The van der Waals surface area contributed by atoms with Crippen molar-refractivity contribution in [3.63, 3.8) is 0 Å². The van der Waals surface area contributed by atoms with Crippen molar-refractivity contribution >= 4 is 27.9 Å². The number of hydrogen-bond acceptors (Lipinski definition) is 5. The predicted octanol–water partition coefficient (Wildman–Crippen LogP) is 1.80. The maximum absolute atomic E-state index is 12.3. The lowest BCUT2D eigenvalue weighted by molar-refractivity contribution is 0.591. The fraction of sp³-hybridized carbons (Fsp3) is 0.353. The molecule has 0 spiro atoms. The van der Waals surface area contributed by atoms with Crippen LogP contribution in [0.2, 0.25) is 0 Å². The van der Waals surface area contributed by atoms with Crippen molar-refractivity contribution in [2.75, 3.05) is 17.1 Å². The van der Waals surface area contributed by atoms with Gasteiger partial charge in [0.1, 0.15) is 0 Å². The molecule has 3 aromatic rings. The van der Waals surface area contributed by atoms with Gasteiger partial charge in [0.15, 0.2) is 11.5 Å². The second kappa shape index (κ2) is 6.44. The number of aryl methyl sites for hydroxylation is 1. The molecular weight excluding hydrogens is 338 g/mol. The van der Waals surface area contributed by atoms with Gasteiger partial charge in [0.05, 0.1) is 17.1 Å². The first kappa shape index (κ1) is 17.3. The van der Waals surface area contributed by atoms with Crippen LogP contribution in [0.5, 0.6) is 0 Å². The first-order valence-corrected chi connectivity index (χ1v) is 9.73. The summed E-state index contributed by atoms with van der Waals surface area (Å²) >= 11 is 0. The number of unbranched alkanes of at least 4 members (excludes halogenated alkanes) is 1. The Labute approximate surface area is 147 Å². The predicted molar refractivity (Wildman–Crippen MR) is 98.8 cm³/mol. The van der Waals surface area contributed by atoms with Gasteiger partial charge in [-0.3, -0.25) is 4.31 Å². The highest BCUT2D eigenvalue weighted by Crippen LogP contribution is 2.22. The standard InChI is InChI=1S/C17H21N5O2S/c1-5-6-11-25(23,24)21(4)15-9-7-14(8-10-15)16-18-17-12(2)13(3)19-22(17)20-16/h7-10H,2,5-6,11H2,1,3-4H3. The summed E-state index contributed by atoms with van der Waals surface area (Å²) in [6, 6.07) is 7.14. The molecule has 0 saturated heterocycles. The molecule has 132 valence electrons. The van der Waals surface area contributed by atoms with Gasteiger partial charge < -0.3 is 0 Å². The fourth-order valence-electron chi connectivity index (χ4n) is 2.49. The van der Waals surface area contributed by atoms with Gasteiger partial charge in [-0.25, -0.2) is 13.4 Å². The molecule has 0 aliphatic rings. The number of hydrogen-bond donors (Lipinski definition) is 0. The van der Waals surface area contributed by atoms with E-state index in [4.69, 9.17) is 0 Å². The lowest BCUT2D eigenvalue weighted by Crippen LogP contribution is -2.28. The summed E-state index contributed by atoms with van der Waals surface area (Å²) in [4.78, 5) is 4.46. The Bertz CT molecular complexity index is 1040. The van der Waals surface area contributed by atoms with Crippen molar-refractivity contribution in [1.82, 2.24) is 19.8 Å². The van der Waals surface area contributed by atoms with Crippen molar-refractivity contribution < 1.29 is 8.42 Å². The lowest BCUT2D eigenvalue weighted by Gasteiger charge is -2.19. The third kappa shape index (κ3) is 3.21. The summed E-state index contributed by atoms with van der Waals surface area (Å²) in [7, 11) is -1.72. The van der Waals surface area contributed by atoms with E-state index in [-0.39, 0.29) is 5.75 Å². The lowest BCUT2D eigenvalue weighted by atomic mass is 10.2. The van der Waals surface area contributed by atoms with E-state index in [2.05, 4.69) is 21.8 Å². The van der Waals surface area contributed by atoms with E-state index in [9.17, 15) is 8.42 Å². The monoisotopic (exact) mass is 359 g/mol. The van der Waals surface area contributed by atoms with Crippen LogP contribution in [0, 0.1) is 6.92 Å². The van der Waals surface area contributed by atoms with Gasteiger partial charge in [-0.1, -0.05) is 19.9 Å². The highest BCUT2D eigenvalue weighted by molar-refractivity contribution is 7.92. The Morgan fingerprint density at radius 2 is 1.88 bits per heavy atom. The van der Waals surface area contributed by atoms with Gasteiger partial charge in [-0.2, -0.15) is 5.10 Å². The zero-order valence-corrected chi connectivity index (χ0v) is 15.4. The second-order valence-corrected chi connectivity index (χ2v) is 8.12. The maximum Gasteiger partial charge on any atom is 0.234 e. The highest BCUT2D eigenvalue weighted by Gasteiger charge is 2.18. The van der Waals surface area contributed by atoms with E-state index >= 15 is 0 Å². The molecule has 0 atom stereocenters. The number of nitrogens with zero attached hydrogens (tertiary/aromatic N) is 5. The number of aromatic nitrogens is 4. The molecule has 1 aromatic carbocycles. The molecular formula is C17H21N5O2S. The minimum absolute atomic E-state index is 0.149. The second-order valence-electron chi connectivity index (χ2n) is 6.00.